The third-order valence-corrected chi connectivity index (χ3v) is 7.83. The summed E-state index contributed by atoms with van der Waals surface area (Å²) in [4.78, 5) is 52.4. The third-order valence-electron chi connectivity index (χ3n) is 7.83. The first kappa shape index (κ1) is 66.1. The minimum Gasteiger partial charge on any atom is -0.478 e. The minimum absolute atomic E-state index is 0.0134. The number of aliphatic carboxylic acids is 5. The summed E-state index contributed by atoms with van der Waals surface area (Å²) in [6, 6.07) is 8.77. The van der Waals surface area contributed by atoms with Crippen LogP contribution in [-0.2, 0) is 24.0 Å². The summed E-state index contributed by atoms with van der Waals surface area (Å²) in [7, 11) is 0. The zero-order valence-corrected chi connectivity index (χ0v) is 35.5. The van der Waals surface area contributed by atoms with E-state index in [1.165, 1.54) is 60.8 Å². The highest BCUT2D eigenvalue weighted by Crippen LogP contribution is 2.18. The van der Waals surface area contributed by atoms with Crippen molar-refractivity contribution in [2.24, 2.45) is 29.6 Å². The van der Waals surface area contributed by atoms with Crippen LogP contribution >= 0.6 is 0 Å². The molecule has 5 unspecified atom stereocenters. The molecule has 0 aromatic rings. The Morgan fingerprint density at radius 3 is 0.538 bits per heavy atom. The molecule has 0 amide bonds. The number of aliphatic hydroxyl groups excluding tert-OH is 5. The van der Waals surface area contributed by atoms with Crippen LogP contribution in [0.5, 0.6) is 0 Å². The first-order chi connectivity index (χ1) is 30.6. The normalized spacial score (nSPS) is 12.3. The second kappa shape index (κ2) is 44.1. The molecular weight excluding hydrogens is 851 g/mol. The molecule has 0 aliphatic carbocycles. The van der Waals surface area contributed by atoms with Gasteiger partial charge in [-0.25, -0.2) is 24.0 Å². The number of hydrogen-bond acceptors (Lipinski definition) is 15. The van der Waals surface area contributed by atoms with Crippen LogP contribution in [0.1, 0.15) is 32.1 Å². The Bertz CT molecular complexity index is 1640. The Morgan fingerprint density at radius 2 is 0.462 bits per heavy atom. The van der Waals surface area contributed by atoms with Crippen LogP contribution in [0.25, 0.3) is 0 Å². The van der Waals surface area contributed by atoms with Gasteiger partial charge < -0.3 is 51.1 Å². The Morgan fingerprint density at radius 1 is 0.338 bits per heavy atom. The SMILES string of the molecule is C=C(C(=O)O)C(C=CC#N)CCO.C=C(C(=O)O)C(C=CC#N)CCO.C=C(C(=O)O)C(C=CC#N)CCO.C=C(C(=O)O)C(C=CC#N)CCO.C=C(C(=O)O)C(C=CC#N)CCO. The van der Waals surface area contributed by atoms with Crippen LogP contribution in [0.2, 0.25) is 0 Å². The fourth-order valence-electron chi connectivity index (χ4n) is 4.22. The maximum Gasteiger partial charge on any atom is 0.331 e. The second-order valence-electron chi connectivity index (χ2n) is 12.2. The van der Waals surface area contributed by atoms with E-state index in [1.807, 2.05) is 0 Å². The zero-order valence-electron chi connectivity index (χ0n) is 35.5. The summed E-state index contributed by atoms with van der Waals surface area (Å²) in [5.41, 5.74) is -0.0669. The van der Waals surface area contributed by atoms with E-state index < -0.39 is 59.4 Å². The van der Waals surface area contributed by atoms with Gasteiger partial charge in [-0.2, -0.15) is 26.3 Å². The molecule has 0 rings (SSSR count). The Hall–Kier alpha value is -8.00. The number of hydrogen-bond donors (Lipinski definition) is 10. The maximum absolute atomic E-state index is 10.5. The van der Waals surface area contributed by atoms with Crippen molar-refractivity contribution in [2.75, 3.05) is 33.0 Å². The van der Waals surface area contributed by atoms with Gasteiger partial charge in [0.2, 0.25) is 0 Å². The number of rotatable bonds is 25. The number of nitriles is 5. The molecule has 0 aromatic heterocycles. The molecule has 10 N–H and O–H groups in total. The quantitative estimate of drug-likeness (QED) is 0.0462. The lowest BCUT2D eigenvalue weighted by Gasteiger charge is -2.09. The van der Waals surface area contributed by atoms with E-state index in [1.54, 1.807) is 30.3 Å². The molecule has 0 heterocycles. The van der Waals surface area contributed by atoms with Crippen molar-refractivity contribution in [1.82, 2.24) is 0 Å². The van der Waals surface area contributed by atoms with Gasteiger partial charge in [-0.05, 0) is 32.1 Å². The third kappa shape index (κ3) is 36.4. The van der Waals surface area contributed by atoms with Crippen molar-refractivity contribution in [3.63, 3.8) is 0 Å². The maximum atomic E-state index is 10.5. The molecule has 0 spiro atoms. The monoisotopic (exact) mass is 905 g/mol. The van der Waals surface area contributed by atoms with Gasteiger partial charge >= 0.3 is 29.8 Å². The van der Waals surface area contributed by atoms with Crippen LogP contribution in [0.3, 0.4) is 0 Å². The van der Waals surface area contributed by atoms with Crippen LogP contribution in [0.4, 0.5) is 0 Å². The summed E-state index contributed by atoms with van der Waals surface area (Å²) in [6.45, 7) is 16.1. The topological polar surface area (TPSA) is 407 Å². The zero-order chi connectivity index (χ0) is 51.3. The first-order valence-electron chi connectivity index (χ1n) is 18.6. The average molecular weight is 906 g/mol. The van der Waals surface area contributed by atoms with Gasteiger partial charge in [0.25, 0.3) is 0 Å². The number of nitrogens with zero attached hydrogens (tertiary/aromatic N) is 5. The minimum atomic E-state index is -1.11. The molecule has 0 aliphatic rings. The van der Waals surface area contributed by atoms with Gasteiger partial charge in [0.15, 0.2) is 0 Å². The lowest BCUT2D eigenvalue weighted by molar-refractivity contribution is -0.134. The molecule has 65 heavy (non-hydrogen) atoms. The van der Waals surface area contributed by atoms with E-state index in [0.717, 1.165) is 0 Å². The summed E-state index contributed by atoms with van der Waals surface area (Å²) in [5.74, 6) is -7.90. The number of allylic oxidation sites excluding steroid dienone is 10. The average Bonchev–Trinajstić information content (AvgIpc) is 3.27. The molecule has 0 aliphatic heterocycles. The second-order valence-corrected chi connectivity index (χ2v) is 12.2. The Balaban J connectivity index is -0.000000231. The molecule has 20 nitrogen and oxygen atoms in total. The van der Waals surface area contributed by atoms with Crippen LogP contribution in [0, 0.1) is 86.2 Å². The van der Waals surface area contributed by atoms with Crippen molar-refractivity contribution >= 4 is 29.8 Å². The van der Waals surface area contributed by atoms with Gasteiger partial charge in [-0.15, -0.1) is 0 Å². The van der Waals surface area contributed by atoms with Crippen molar-refractivity contribution in [3.05, 3.63) is 122 Å². The van der Waals surface area contributed by atoms with Gasteiger partial charge in [-0.1, -0.05) is 63.3 Å². The van der Waals surface area contributed by atoms with E-state index in [2.05, 4.69) is 32.9 Å². The highest BCUT2D eigenvalue weighted by molar-refractivity contribution is 5.88. The van der Waals surface area contributed by atoms with Crippen molar-refractivity contribution < 1.29 is 75.0 Å². The van der Waals surface area contributed by atoms with Crippen molar-refractivity contribution in [3.8, 4) is 30.3 Å². The lowest BCUT2D eigenvalue weighted by Crippen LogP contribution is -2.11. The summed E-state index contributed by atoms with van der Waals surface area (Å²) in [6.07, 6.45) is 14.4. The Kier molecular flexibility index (Phi) is 44.8. The highest BCUT2D eigenvalue weighted by atomic mass is 16.4. The summed E-state index contributed by atoms with van der Waals surface area (Å²) in [5, 5.41) is 127. The summed E-state index contributed by atoms with van der Waals surface area (Å²) >= 11 is 0. The van der Waals surface area contributed by atoms with Crippen LogP contribution in [-0.4, -0.2) is 114 Å². The van der Waals surface area contributed by atoms with Gasteiger partial charge in [0, 0.05) is 121 Å². The van der Waals surface area contributed by atoms with Gasteiger partial charge in [0.1, 0.15) is 0 Å². The first-order valence-corrected chi connectivity index (χ1v) is 18.6. The standard InChI is InChI=1S/5C9H11NO3/c5*1-7(9(12)13)8(4-6-11)3-2-5-10/h5*2-3,8,11H,1,4,6H2,(H,12,13). The number of carbonyl (C=O) groups is 5. The number of carboxylic acids is 5. The molecule has 0 saturated carbocycles. The Labute approximate surface area is 377 Å². The molecule has 20 heteroatoms. The molecule has 350 valence electrons. The van der Waals surface area contributed by atoms with E-state index in [-0.39, 0.29) is 93.0 Å². The van der Waals surface area contributed by atoms with Crippen molar-refractivity contribution in [1.29, 1.82) is 26.3 Å². The summed E-state index contributed by atoms with van der Waals surface area (Å²) < 4.78 is 0. The van der Waals surface area contributed by atoms with E-state index in [4.69, 9.17) is 77.4 Å². The predicted molar refractivity (Wildman–Crippen MR) is 234 cm³/mol. The molecule has 0 radical (unpaired) electrons. The van der Waals surface area contributed by atoms with E-state index >= 15 is 0 Å². The van der Waals surface area contributed by atoms with Crippen LogP contribution < -0.4 is 0 Å². The molecule has 0 bridgehead atoms. The van der Waals surface area contributed by atoms with E-state index in [0.29, 0.717) is 0 Å². The number of carboxylic acid groups (broad SMARTS) is 5. The number of aliphatic hydroxyl groups is 5. The molecule has 0 aromatic carbocycles. The lowest BCUT2D eigenvalue weighted by atomic mass is 9.97. The van der Waals surface area contributed by atoms with E-state index in [9.17, 15) is 24.0 Å². The molecular formula is C45H55N5O15. The van der Waals surface area contributed by atoms with Crippen LogP contribution in [0.15, 0.2) is 122 Å². The highest BCUT2D eigenvalue weighted by Gasteiger charge is 2.18. The van der Waals surface area contributed by atoms with Gasteiger partial charge in [-0.3, -0.25) is 0 Å². The smallest absolute Gasteiger partial charge is 0.331 e. The molecule has 0 saturated heterocycles. The fraction of sp³-hybridized carbons (Fsp3) is 0.333. The van der Waals surface area contributed by atoms with Gasteiger partial charge in [0.05, 0.1) is 30.3 Å². The molecule has 5 atom stereocenters. The largest absolute Gasteiger partial charge is 0.478 e. The predicted octanol–water partition coefficient (Wildman–Crippen LogP) is 3.53. The van der Waals surface area contributed by atoms with Crippen molar-refractivity contribution in [2.45, 2.75) is 32.1 Å². The fourth-order valence-corrected chi connectivity index (χ4v) is 4.22. The molecule has 0 fully saturated rings.